The number of hydrogen-bond donors (Lipinski definition) is 3. The average molecular weight is 255 g/mol. The number of halogens is 1. The third kappa shape index (κ3) is 5.09. The molecule has 0 aliphatic heterocycles. The van der Waals surface area contributed by atoms with Crippen LogP contribution in [-0.2, 0) is 6.54 Å². The van der Waals surface area contributed by atoms with E-state index in [1.807, 2.05) is 6.92 Å². The van der Waals surface area contributed by atoms with E-state index in [2.05, 4.69) is 15.6 Å². The molecule has 0 bridgehead atoms. The van der Waals surface area contributed by atoms with E-state index in [1.54, 1.807) is 0 Å². The predicted molar refractivity (Wildman–Crippen MR) is 65.3 cm³/mol. The first-order valence-electron chi connectivity index (χ1n) is 5.88. The molecule has 1 aromatic rings. The number of pyridine rings is 1. The summed E-state index contributed by atoms with van der Waals surface area (Å²) in [6, 6.07) is 2.39. The summed E-state index contributed by atoms with van der Waals surface area (Å²) in [4.78, 5) is 15.3. The Bertz CT molecular complexity index is 387. The Morgan fingerprint density at radius 1 is 1.61 bits per heavy atom. The number of rotatable bonds is 6. The van der Waals surface area contributed by atoms with Crippen LogP contribution < -0.4 is 10.6 Å². The second-order valence-corrected chi connectivity index (χ2v) is 4.03. The fourth-order valence-corrected chi connectivity index (χ4v) is 1.46. The van der Waals surface area contributed by atoms with Gasteiger partial charge >= 0.3 is 6.03 Å². The van der Waals surface area contributed by atoms with Crippen molar-refractivity contribution in [3.63, 3.8) is 0 Å². The number of urea groups is 1. The van der Waals surface area contributed by atoms with Gasteiger partial charge in [0, 0.05) is 18.8 Å². The van der Waals surface area contributed by atoms with Gasteiger partial charge in [-0.05, 0) is 31.9 Å². The lowest BCUT2D eigenvalue weighted by Crippen LogP contribution is -2.40. The van der Waals surface area contributed by atoms with E-state index in [0.717, 1.165) is 0 Å². The lowest BCUT2D eigenvalue weighted by atomic mass is 10.2. The van der Waals surface area contributed by atoms with Crippen molar-refractivity contribution in [3.05, 3.63) is 29.8 Å². The monoisotopic (exact) mass is 255 g/mol. The third-order valence-electron chi connectivity index (χ3n) is 2.42. The van der Waals surface area contributed by atoms with E-state index in [1.165, 1.54) is 18.3 Å². The van der Waals surface area contributed by atoms with Gasteiger partial charge in [0.2, 0.25) is 0 Å². The first kappa shape index (κ1) is 14.4. The normalized spacial score (nSPS) is 11.9. The highest BCUT2D eigenvalue weighted by molar-refractivity contribution is 5.74. The quantitative estimate of drug-likeness (QED) is 0.714. The summed E-state index contributed by atoms with van der Waals surface area (Å²) in [7, 11) is 0. The molecular formula is C12H18FN3O2. The van der Waals surface area contributed by atoms with Gasteiger partial charge in [-0.2, -0.15) is 0 Å². The molecule has 6 heteroatoms. The highest BCUT2D eigenvalue weighted by atomic mass is 19.1. The minimum Gasteiger partial charge on any atom is -0.396 e. The highest BCUT2D eigenvalue weighted by Gasteiger charge is 2.08. The van der Waals surface area contributed by atoms with Gasteiger partial charge in [-0.15, -0.1) is 0 Å². The third-order valence-corrected chi connectivity index (χ3v) is 2.42. The van der Waals surface area contributed by atoms with Crippen LogP contribution in [0.4, 0.5) is 9.18 Å². The molecule has 1 rings (SSSR count). The molecule has 1 unspecified atom stereocenters. The maximum atomic E-state index is 13.2. The van der Waals surface area contributed by atoms with Gasteiger partial charge in [0.15, 0.2) is 0 Å². The second kappa shape index (κ2) is 7.60. The number of aromatic nitrogens is 1. The zero-order valence-electron chi connectivity index (χ0n) is 10.3. The summed E-state index contributed by atoms with van der Waals surface area (Å²) in [5, 5.41) is 13.9. The van der Waals surface area contributed by atoms with E-state index in [0.29, 0.717) is 12.8 Å². The number of carbonyl (C=O) groups is 1. The fourth-order valence-electron chi connectivity index (χ4n) is 1.46. The lowest BCUT2D eigenvalue weighted by Gasteiger charge is -2.13. The Balaban J connectivity index is 2.31. The molecule has 0 saturated heterocycles. The Kier molecular flexibility index (Phi) is 6.07. The van der Waals surface area contributed by atoms with Crippen molar-refractivity contribution >= 4 is 6.03 Å². The SMILES string of the molecule is CC(CCCO)NC(=O)NCc1ncccc1F. The molecule has 0 fully saturated rings. The van der Waals surface area contributed by atoms with E-state index < -0.39 is 5.82 Å². The zero-order valence-corrected chi connectivity index (χ0v) is 10.3. The number of nitrogens with one attached hydrogen (secondary N) is 2. The number of nitrogens with zero attached hydrogens (tertiary/aromatic N) is 1. The van der Waals surface area contributed by atoms with Gasteiger partial charge in [0.1, 0.15) is 5.82 Å². The second-order valence-electron chi connectivity index (χ2n) is 4.03. The van der Waals surface area contributed by atoms with E-state index in [9.17, 15) is 9.18 Å². The van der Waals surface area contributed by atoms with Crippen molar-refractivity contribution in [2.24, 2.45) is 0 Å². The van der Waals surface area contributed by atoms with Gasteiger partial charge in [0.05, 0.1) is 12.2 Å². The molecule has 2 amide bonds. The maximum Gasteiger partial charge on any atom is 0.315 e. The zero-order chi connectivity index (χ0) is 13.4. The van der Waals surface area contributed by atoms with Crippen LogP contribution in [0.25, 0.3) is 0 Å². The summed E-state index contributed by atoms with van der Waals surface area (Å²) >= 11 is 0. The van der Waals surface area contributed by atoms with Crippen molar-refractivity contribution in [2.45, 2.75) is 32.4 Å². The standard InChI is InChI=1S/C12H18FN3O2/c1-9(4-3-7-17)16-12(18)15-8-11-10(13)5-2-6-14-11/h2,5-6,9,17H,3-4,7-8H2,1H3,(H2,15,16,18). The summed E-state index contributed by atoms with van der Waals surface area (Å²) < 4.78 is 13.2. The van der Waals surface area contributed by atoms with Crippen LogP contribution in [0.1, 0.15) is 25.5 Å². The predicted octanol–water partition coefficient (Wildman–Crippen LogP) is 1.18. The molecule has 3 N–H and O–H groups in total. The van der Waals surface area contributed by atoms with Gasteiger partial charge in [-0.25, -0.2) is 9.18 Å². The molecule has 1 atom stereocenters. The molecule has 18 heavy (non-hydrogen) atoms. The Hall–Kier alpha value is -1.69. The Labute approximate surface area is 105 Å². The van der Waals surface area contributed by atoms with Crippen LogP contribution in [0, 0.1) is 5.82 Å². The Morgan fingerprint density at radius 2 is 2.39 bits per heavy atom. The van der Waals surface area contributed by atoms with Crippen molar-refractivity contribution in [2.75, 3.05) is 6.61 Å². The van der Waals surface area contributed by atoms with Crippen molar-refractivity contribution in [3.8, 4) is 0 Å². The van der Waals surface area contributed by atoms with Gasteiger partial charge in [-0.1, -0.05) is 0 Å². The minimum atomic E-state index is -0.439. The molecule has 0 aliphatic rings. The number of carbonyl (C=O) groups excluding carboxylic acids is 1. The van der Waals surface area contributed by atoms with E-state index >= 15 is 0 Å². The molecule has 1 aromatic heterocycles. The molecule has 1 heterocycles. The van der Waals surface area contributed by atoms with Gasteiger partial charge in [-0.3, -0.25) is 4.98 Å². The van der Waals surface area contributed by atoms with E-state index in [4.69, 9.17) is 5.11 Å². The van der Waals surface area contributed by atoms with Crippen molar-refractivity contribution in [1.29, 1.82) is 0 Å². The van der Waals surface area contributed by atoms with Crippen LogP contribution in [0.15, 0.2) is 18.3 Å². The summed E-state index contributed by atoms with van der Waals surface area (Å²) in [5.41, 5.74) is 0.204. The lowest BCUT2D eigenvalue weighted by molar-refractivity contribution is 0.233. The number of aliphatic hydroxyl groups excluding tert-OH is 1. The van der Waals surface area contributed by atoms with Gasteiger partial charge in [0.25, 0.3) is 0 Å². The summed E-state index contributed by atoms with van der Waals surface area (Å²) in [6.45, 7) is 1.99. The van der Waals surface area contributed by atoms with Crippen LogP contribution in [0.5, 0.6) is 0 Å². The Morgan fingerprint density at radius 3 is 3.06 bits per heavy atom. The van der Waals surface area contributed by atoms with Gasteiger partial charge < -0.3 is 15.7 Å². The maximum absolute atomic E-state index is 13.2. The molecular weight excluding hydrogens is 237 g/mol. The van der Waals surface area contributed by atoms with E-state index in [-0.39, 0.29) is 30.9 Å². The topological polar surface area (TPSA) is 74.2 Å². The van der Waals surface area contributed by atoms with Crippen LogP contribution in [-0.4, -0.2) is 28.8 Å². The molecule has 5 nitrogen and oxygen atoms in total. The first-order valence-corrected chi connectivity index (χ1v) is 5.88. The minimum absolute atomic E-state index is 0.0364. The number of aliphatic hydroxyl groups is 1. The molecule has 0 radical (unpaired) electrons. The number of amides is 2. The average Bonchev–Trinajstić information content (AvgIpc) is 2.35. The smallest absolute Gasteiger partial charge is 0.315 e. The number of hydrogen-bond acceptors (Lipinski definition) is 3. The molecule has 0 spiro atoms. The molecule has 100 valence electrons. The van der Waals surface area contributed by atoms with Crippen LogP contribution >= 0.6 is 0 Å². The van der Waals surface area contributed by atoms with Crippen LogP contribution in [0.3, 0.4) is 0 Å². The fraction of sp³-hybridized carbons (Fsp3) is 0.500. The van der Waals surface area contributed by atoms with Crippen molar-refractivity contribution < 1.29 is 14.3 Å². The molecule has 0 aromatic carbocycles. The summed E-state index contributed by atoms with van der Waals surface area (Å²) in [5.74, 6) is -0.439. The first-order chi connectivity index (χ1) is 8.63. The molecule has 0 saturated carbocycles. The molecule has 0 aliphatic carbocycles. The van der Waals surface area contributed by atoms with Crippen molar-refractivity contribution in [1.82, 2.24) is 15.6 Å². The van der Waals surface area contributed by atoms with Crippen LogP contribution in [0.2, 0.25) is 0 Å². The summed E-state index contributed by atoms with van der Waals surface area (Å²) in [6.07, 6.45) is 2.81. The largest absolute Gasteiger partial charge is 0.396 e. The highest BCUT2D eigenvalue weighted by Crippen LogP contribution is 2.01.